The van der Waals surface area contributed by atoms with Crippen molar-refractivity contribution < 1.29 is 5.21 Å². The SMILES string of the molecule is O/N=C(\c1ccccc1)c1ccccc1-c1ncc[nH]1. The highest BCUT2D eigenvalue weighted by Gasteiger charge is 2.14. The maximum atomic E-state index is 9.41. The van der Waals surface area contributed by atoms with E-state index in [0.29, 0.717) is 5.71 Å². The molecule has 4 nitrogen and oxygen atoms in total. The zero-order valence-corrected chi connectivity index (χ0v) is 10.7. The van der Waals surface area contributed by atoms with Crippen LogP contribution in [-0.4, -0.2) is 20.9 Å². The number of hydrogen-bond acceptors (Lipinski definition) is 3. The van der Waals surface area contributed by atoms with Crippen LogP contribution in [0.15, 0.2) is 72.1 Å². The number of benzene rings is 2. The molecule has 0 unspecified atom stereocenters. The van der Waals surface area contributed by atoms with Crippen molar-refractivity contribution in [3.8, 4) is 11.4 Å². The van der Waals surface area contributed by atoms with Gasteiger partial charge in [-0.3, -0.25) is 0 Å². The molecule has 1 aromatic heterocycles. The van der Waals surface area contributed by atoms with Gasteiger partial charge in [-0.1, -0.05) is 59.8 Å². The molecule has 0 saturated heterocycles. The summed E-state index contributed by atoms with van der Waals surface area (Å²) in [5.41, 5.74) is 3.11. The quantitative estimate of drug-likeness (QED) is 0.432. The third kappa shape index (κ3) is 2.19. The van der Waals surface area contributed by atoms with Crippen molar-refractivity contribution in [2.75, 3.05) is 0 Å². The van der Waals surface area contributed by atoms with Crippen molar-refractivity contribution in [3.05, 3.63) is 78.1 Å². The number of H-pyrrole nitrogens is 1. The van der Waals surface area contributed by atoms with Gasteiger partial charge in [0, 0.05) is 29.1 Å². The van der Waals surface area contributed by atoms with Crippen molar-refractivity contribution in [3.63, 3.8) is 0 Å². The Hall–Kier alpha value is -2.88. The van der Waals surface area contributed by atoms with Gasteiger partial charge in [0.05, 0.1) is 0 Å². The average Bonchev–Trinajstić information content (AvgIpc) is 3.04. The summed E-state index contributed by atoms with van der Waals surface area (Å²) in [6.45, 7) is 0. The minimum Gasteiger partial charge on any atom is -0.410 e. The van der Waals surface area contributed by atoms with Crippen LogP contribution in [0.4, 0.5) is 0 Å². The van der Waals surface area contributed by atoms with Crippen LogP contribution in [0.1, 0.15) is 11.1 Å². The van der Waals surface area contributed by atoms with Gasteiger partial charge in [0.25, 0.3) is 0 Å². The van der Waals surface area contributed by atoms with Gasteiger partial charge >= 0.3 is 0 Å². The minimum absolute atomic E-state index is 0.526. The third-order valence-electron chi connectivity index (χ3n) is 3.08. The third-order valence-corrected chi connectivity index (χ3v) is 3.08. The lowest BCUT2D eigenvalue weighted by molar-refractivity contribution is 0.319. The van der Waals surface area contributed by atoms with E-state index >= 15 is 0 Å². The predicted molar refractivity (Wildman–Crippen MR) is 77.9 cm³/mol. The van der Waals surface area contributed by atoms with E-state index in [4.69, 9.17) is 0 Å². The first-order valence-corrected chi connectivity index (χ1v) is 6.27. The molecule has 3 aromatic rings. The minimum atomic E-state index is 0.526. The van der Waals surface area contributed by atoms with Crippen molar-refractivity contribution in [1.82, 2.24) is 9.97 Å². The van der Waals surface area contributed by atoms with Crippen molar-refractivity contribution >= 4 is 5.71 Å². The Labute approximate surface area is 116 Å². The number of nitrogens with one attached hydrogen (secondary N) is 1. The van der Waals surface area contributed by atoms with Crippen LogP contribution in [0.5, 0.6) is 0 Å². The van der Waals surface area contributed by atoms with Gasteiger partial charge < -0.3 is 10.2 Å². The normalized spacial score (nSPS) is 11.5. The number of imidazole rings is 1. The van der Waals surface area contributed by atoms with Gasteiger partial charge in [-0.2, -0.15) is 0 Å². The fourth-order valence-corrected chi connectivity index (χ4v) is 2.17. The first-order valence-electron chi connectivity index (χ1n) is 6.27. The fraction of sp³-hybridized carbons (Fsp3) is 0. The molecule has 0 radical (unpaired) electrons. The van der Waals surface area contributed by atoms with E-state index in [1.165, 1.54) is 0 Å². The van der Waals surface area contributed by atoms with E-state index in [0.717, 1.165) is 22.5 Å². The van der Waals surface area contributed by atoms with Gasteiger partial charge in [-0.15, -0.1) is 0 Å². The number of nitrogens with zero attached hydrogens (tertiary/aromatic N) is 2. The zero-order valence-electron chi connectivity index (χ0n) is 10.7. The van der Waals surface area contributed by atoms with E-state index in [1.54, 1.807) is 12.4 Å². The Morgan fingerprint density at radius 2 is 1.75 bits per heavy atom. The smallest absolute Gasteiger partial charge is 0.137 e. The highest BCUT2D eigenvalue weighted by molar-refractivity contribution is 6.15. The molecule has 0 spiro atoms. The van der Waals surface area contributed by atoms with E-state index in [9.17, 15) is 5.21 Å². The van der Waals surface area contributed by atoms with Gasteiger partial charge in [0.1, 0.15) is 11.5 Å². The monoisotopic (exact) mass is 263 g/mol. The Morgan fingerprint density at radius 1 is 1.00 bits per heavy atom. The summed E-state index contributed by atoms with van der Waals surface area (Å²) in [4.78, 5) is 7.34. The Balaban J connectivity index is 2.15. The summed E-state index contributed by atoms with van der Waals surface area (Å²) < 4.78 is 0. The molecule has 0 aliphatic rings. The summed E-state index contributed by atoms with van der Waals surface area (Å²) in [6.07, 6.45) is 3.47. The second kappa shape index (κ2) is 5.40. The molecule has 3 rings (SSSR count). The van der Waals surface area contributed by atoms with Crippen molar-refractivity contribution in [1.29, 1.82) is 0 Å². The van der Waals surface area contributed by atoms with E-state index < -0.39 is 0 Å². The van der Waals surface area contributed by atoms with Crippen LogP contribution in [0.2, 0.25) is 0 Å². The summed E-state index contributed by atoms with van der Waals surface area (Å²) in [5, 5.41) is 12.9. The Bertz CT molecular complexity index is 718. The predicted octanol–water partition coefficient (Wildman–Crippen LogP) is 3.30. The molecule has 0 aliphatic carbocycles. The molecular formula is C16H13N3O. The van der Waals surface area contributed by atoms with Crippen LogP contribution in [0.25, 0.3) is 11.4 Å². The molecule has 2 aromatic carbocycles. The topological polar surface area (TPSA) is 61.3 Å². The van der Waals surface area contributed by atoms with Crippen LogP contribution in [0.3, 0.4) is 0 Å². The number of aromatic amines is 1. The van der Waals surface area contributed by atoms with Gasteiger partial charge in [-0.25, -0.2) is 4.98 Å². The Kier molecular flexibility index (Phi) is 3.29. The highest BCUT2D eigenvalue weighted by Crippen LogP contribution is 2.23. The molecule has 1 heterocycles. The summed E-state index contributed by atoms with van der Waals surface area (Å²) in [5.74, 6) is 0.748. The van der Waals surface area contributed by atoms with E-state index in [1.807, 2.05) is 54.6 Å². The molecule has 0 amide bonds. The fourth-order valence-electron chi connectivity index (χ4n) is 2.17. The number of rotatable bonds is 3. The molecule has 0 saturated carbocycles. The first kappa shape index (κ1) is 12.2. The summed E-state index contributed by atoms with van der Waals surface area (Å²) in [6, 6.07) is 17.3. The standard InChI is InChI=1S/C16H13N3O/c20-19-15(12-6-2-1-3-7-12)13-8-4-5-9-14(13)16-17-10-11-18-16/h1-11,20H,(H,17,18)/b19-15+. The van der Waals surface area contributed by atoms with Gasteiger partial charge in [0.15, 0.2) is 0 Å². The van der Waals surface area contributed by atoms with Crippen LogP contribution >= 0.6 is 0 Å². The first-order chi connectivity index (χ1) is 9.90. The molecule has 0 aliphatic heterocycles. The maximum Gasteiger partial charge on any atom is 0.137 e. The molecule has 0 atom stereocenters. The number of oxime groups is 1. The van der Waals surface area contributed by atoms with Crippen LogP contribution < -0.4 is 0 Å². The van der Waals surface area contributed by atoms with Crippen LogP contribution in [-0.2, 0) is 0 Å². The highest BCUT2D eigenvalue weighted by atomic mass is 16.4. The molecular weight excluding hydrogens is 250 g/mol. The number of hydrogen-bond donors (Lipinski definition) is 2. The second-order valence-electron chi connectivity index (χ2n) is 4.30. The van der Waals surface area contributed by atoms with Gasteiger partial charge in [-0.05, 0) is 0 Å². The summed E-state index contributed by atoms with van der Waals surface area (Å²) in [7, 11) is 0. The molecule has 20 heavy (non-hydrogen) atoms. The van der Waals surface area contributed by atoms with Crippen molar-refractivity contribution in [2.45, 2.75) is 0 Å². The van der Waals surface area contributed by atoms with E-state index in [2.05, 4.69) is 15.1 Å². The molecule has 0 fully saturated rings. The molecule has 4 heteroatoms. The van der Waals surface area contributed by atoms with Crippen LogP contribution in [0, 0.1) is 0 Å². The second-order valence-corrected chi connectivity index (χ2v) is 4.30. The lowest BCUT2D eigenvalue weighted by Gasteiger charge is -2.09. The average molecular weight is 263 g/mol. The van der Waals surface area contributed by atoms with E-state index in [-0.39, 0.29) is 0 Å². The maximum absolute atomic E-state index is 9.41. The molecule has 98 valence electrons. The Morgan fingerprint density at radius 3 is 2.45 bits per heavy atom. The van der Waals surface area contributed by atoms with Crippen molar-refractivity contribution in [2.24, 2.45) is 5.16 Å². The largest absolute Gasteiger partial charge is 0.410 e. The zero-order chi connectivity index (χ0) is 13.8. The van der Waals surface area contributed by atoms with Gasteiger partial charge in [0.2, 0.25) is 0 Å². The lowest BCUT2D eigenvalue weighted by Crippen LogP contribution is -2.05. The molecule has 2 N–H and O–H groups in total. The number of aromatic nitrogens is 2. The lowest BCUT2D eigenvalue weighted by atomic mass is 9.97. The molecule has 0 bridgehead atoms. The summed E-state index contributed by atoms with van der Waals surface area (Å²) >= 11 is 0.